The van der Waals surface area contributed by atoms with Gasteiger partial charge in [-0.05, 0) is 29.3 Å². The van der Waals surface area contributed by atoms with E-state index in [2.05, 4.69) is 22.5 Å². The third-order valence-corrected chi connectivity index (χ3v) is 3.92. The number of hydrogen-bond acceptors (Lipinski definition) is 3. The molecule has 0 bridgehead atoms. The van der Waals surface area contributed by atoms with Crippen LogP contribution in [0.1, 0.15) is 12.5 Å². The second-order valence-corrected chi connectivity index (χ2v) is 5.84. The van der Waals surface area contributed by atoms with E-state index in [1.54, 1.807) is 6.92 Å². The summed E-state index contributed by atoms with van der Waals surface area (Å²) in [5.74, 6) is -0.481. The second kappa shape index (κ2) is 6.87. The van der Waals surface area contributed by atoms with Crippen LogP contribution in [-0.4, -0.2) is 23.8 Å². The predicted molar refractivity (Wildman–Crippen MR) is 87.1 cm³/mol. The van der Waals surface area contributed by atoms with Crippen LogP contribution in [-0.2, 0) is 16.0 Å². The molecule has 0 saturated carbocycles. The van der Waals surface area contributed by atoms with Crippen molar-refractivity contribution >= 4 is 32.7 Å². The molecule has 2 aromatic carbocycles. The van der Waals surface area contributed by atoms with Crippen molar-refractivity contribution in [1.82, 2.24) is 0 Å². The maximum absolute atomic E-state index is 11.3. The first kappa shape index (κ1) is 15.7. The lowest BCUT2D eigenvalue weighted by molar-refractivity contribution is -0.141. The molecule has 0 saturated heterocycles. The van der Waals surface area contributed by atoms with Crippen LogP contribution in [0.5, 0.6) is 0 Å². The molecule has 0 spiro atoms. The van der Waals surface area contributed by atoms with Gasteiger partial charge < -0.3 is 9.84 Å². The molecule has 0 aliphatic rings. The molecular weight excluding hydrogens is 332 g/mol. The summed E-state index contributed by atoms with van der Waals surface area (Å²) in [7, 11) is 0. The Labute approximate surface area is 132 Å². The van der Waals surface area contributed by atoms with Crippen LogP contribution >= 0.6 is 15.9 Å². The SMILES string of the molecule is C=C(C)C(=O)OCC(O)Cc1c(Br)ccc2ccccc12. The summed E-state index contributed by atoms with van der Waals surface area (Å²) in [4.78, 5) is 11.3. The fourth-order valence-corrected chi connectivity index (χ4v) is 2.61. The maximum Gasteiger partial charge on any atom is 0.333 e. The zero-order valence-corrected chi connectivity index (χ0v) is 13.4. The lowest BCUT2D eigenvalue weighted by Gasteiger charge is -2.14. The van der Waals surface area contributed by atoms with E-state index in [-0.39, 0.29) is 6.61 Å². The van der Waals surface area contributed by atoms with Gasteiger partial charge in [0.2, 0.25) is 0 Å². The van der Waals surface area contributed by atoms with Gasteiger partial charge in [-0.1, -0.05) is 52.8 Å². The number of carbonyl (C=O) groups is 1. The molecule has 0 heterocycles. The molecule has 3 nitrogen and oxygen atoms in total. The van der Waals surface area contributed by atoms with E-state index in [1.165, 1.54) is 0 Å². The van der Waals surface area contributed by atoms with Crippen molar-refractivity contribution in [3.8, 4) is 0 Å². The summed E-state index contributed by atoms with van der Waals surface area (Å²) in [6, 6.07) is 12.0. The van der Waals surface area contributed by atoms with Crippen molar-refractivity contribution in [1.29, 1.82) is 0 Å². The van der Waals surface area contributed by atoms with Gasteiger partial charge >= 0.3 is 5.97 Å². The number of aliphatic hydroxyl groups is 1. The Morgan fingerprint density at radius 1 is 1.33 bits per heavy atom. The molecule has 2 rings (SSSR count). The summed E-state index contributed by atoms with van der Waals surface area (Å²) in [5.41, 5.74) is 1.33. The Balaban J connectivity index is 2.14. The van der Waals surface area contributed by atoms with Gasteiger partial charge in [0, 0.05) is 16.5 Å². The van der Waals surface area contributed by atoms with Crippen molar-refractivity contribution in [2.45, 2.75) is 19.4 Å². The van der Waals surface area contributed by atoms with E-state index >= 15 is 0 Å². The highest BCUT2D eigenvalue weighted by Gasteiger charge is 2.14. The van der Waals surface area contributed by atoms with Crippen LogP contribution in [0.4, 0.5) is 0 Å². The van der Waals surface area contributed by atoms with Gasteiger partial charge in [-0.3, -0.25) is 0 Å². The zero-order valence-electron chi connectivity index (χ0n) is 11.8. The lowest BCUT2D eigenvalue weighted by atomic mass is 10.00. The molecule has 0 aromatic heterocycles. The number of carbonyl (C=O) groups excluding carboxylic acids is 1. The van der Waals surface area contributed by atoms with Crippen LogP contribution in [0.3, 0.4) is 0 Å². The molecule has 1 unspecified atom stereocenters. The van der Waals surface area contributed by atoms with Crippen molar-refractivity contribution in [2.75, 3.05) is 6.61 Å². The number of benzene rings is 2. The standard InChI is InChI=1S/C17H17BrO3/c1-11(2)17(20)21-10-13(19)9-15-14-6-4-3-5-12(14)7-8-16(15)18/h3-8,13,19H,1,9-10H2,2H3. The van der Waals surface area contributed by atoms with E-state index in [4.69, 9.17) is 4.74 Å². The predicted octanol–water partition coefficient (Wildman–Crippen LogP) is 3.63. The Morgan fingerprint density at radius 3 is 2.76 bits per heavy atom. The summed E-state index contributed by atoms with van der Waals surface area (Å²) in [6.07, 6.45) is -0.346. The van der Waals surface area contributed by atoms with Crippen LogP contribution in [0.25, 0.3) is 10.8 Å². The smallest absolute Gasteiger partial charge is 0.333 e. The molecule has 21 heavy (non-hydrogen) atoms. The Hall–Kier alpha value is -1.65. The third-order valence-electron chi connectivity index (χ3n) is 3.18. The Kier molecular flexibility index (Phi) is 5.15. The van der Waals surface area contributed by atoms with Crippen molar-refractivity contribution in [3.05, 3.63) is 58.6 Å². The Bertz CT molecular complexity index is 679. The summed E-state index contributed by atoms with van der Waals surface area (Å²) < 4.78 is 5.92. The average Bonchev–Trinajstić information content (AvgIpc) is 2.47. The summed E-state index contributed by atoms with van der Waals surface area (Å²) in [6.45, 7) is 5.05. The summed E-state index contributed by atoms with van der Waals surface area (Å²) >= 11 is 3.52. The largest absolute Gasteiger partial charge is 0.460 e. The molecular formula is C17H17BrO3. The first-order valence-electron chi connectivity index (χ1n) is 6.66. The van der Waals surface area contributed by atoms with Crippen molar-refractivity contribution < 1.29 is 14.6 Å². The third kappa shape index (κ3) is 3.93. The van der Waals surface area contributed by atoms with Crippen molar-refractivity contribution in [2.24, 2.45) is 0 Å². The molecule has 4 heteroatoms. The van der Waals surface area contributed by atoms with E-state index in [9.17, 15) is 9.90 Å². The highest BCUT2D eigenvalue weighted by Crippen LogP contribution is 2.27. The highest BCUT2D eigenvalue weighted by atomic mass is 79.9. The Morgan fingerprint density at radius 2 is 2.05 bits per heavy atom. The molecule has 0 fully saturated rings. The van der Waals surface area contributed by atoms with Crippen LogP contribution < -0.4 is 0 Å². The fourth-order valence-electron chi connectivity index (χ4n) is 2.11. The first-order chi connectivity index (χ1) is 9.99. The number of esters is 1. The van der Waals surface area contributed by atoms with Gasteiger partial charge in [0.05, 0.1) is 6.10 Å². The molecule has 1 atom stereocenters. The number of halogens is 1. The lowest BCUT2D eigenvalue weighted by Crippen LogP contribution is -2.21. The molecule has 0 aliphatic heterocycles. The average molecular weight is 349 g/mol. The quantitative estimate of drug-likeness (QED) is 0.662. The summed E-state index contributed by atoms with van der Waals surface area (Å²) in [5, 5.41) is 12.3. The molecule has 110 valence electrons. The molecule has 0 aliphatic carbocycles. The number of hydrogen-bond donors (Lipinski definition) is 1. The van der Waals surface area contributed by atoms with Gasteiger partial charge in [-0.2, -0.15) is 0 Å². The number of ether oxygens (including phenoxy) is 1. The van der Waals surface area contributed by atoms with Crippen LogP contribution in [0, 0.1) is 0 Å². The minimum absolute atomic E-state index is 0.0403. The van der Waals surface area contributed by atoms with Gasteiger partial charge in [0.15, 0.2) is 0 Å². The molecule has 0 amide bonds. The number of aliphatic hydroxyl groups excluding tert-OH is 1. The van der Waals surface area contributed by atoms with Gasteiger partial charge in [-0.15, -0.1) is 0 Å². The van der Waals surface area contributed by atoms with Gasteiger partial charge in [0.1, 0.15) is 6.61 Å². The van der Waals surface area contributed by atoms with E-state index in [0.717, 1.165) is 20.8 Å². The van der Waals surface area contributed by atoms with E-state index < -0.39 is 12.1 Å². The van der Waals surface area contributed by atoms with Gasteiger partial charge in [-0.25, -0.2) is 4.79 Å². The normalized spacial score (nSPS) is 12.1. The maximum atomic E-state index is 11.3. The van der Waals surface area contributed by atoms with Crippen LogP contribution in [0.2, 0.25) is 0 Å². The first-order valence-corrected chi connectivity index (χ1v) is 7.45. The van der Waals surface area contributed by atoms with Crippen molar-refractivity contribution in [3.63, 3.8) is 0 Å². The number of fused-ring (bicyclic) bond motifs is 1. The second-order valence-electron chi connectivity index (χ2n) is 4.98. The highest BCUT2D eigenvalue weighted by molar-refractivity contribution is 9.10. The minimum Gasteiger partial charge on any atom is -0.460 e. The minimum atomic E-state index is -0.754. The topological polar surface area (TPSA) is 46.5 Å². The molecule has 2 aromatic rings. The number of rotatable bonds is 5. The van der Waals surface area contributed by atoms with E-state index in [0.29, 0.717) is 12.0 Å². The zero-order chi connectivity index (χ0) is 15.4. The monoisotopic (exact) mass is 348 g/mol. The fraction of sp³-hybridized carbons (Fsp3) is 0.235. The molecule has 1 N–H and O–H groups in total. The van der Waals surface area contributed by atoms with E-state index in [1.807, 2.05) is 36.4 Å². The molecule has 0 radical (unpaired) electrons. The van der Waals surface area contributed by atoms with Crippen LogP contribution in [0.15, 0.2) is 53.0 Å². The van der Waals surface area contributed by atoms with Gasteiger partial charge in [0.25, 0.3) is 0 Å².